The van der Waals surface area contributed by atoms with E-state index in [1.807, 2.05) is 0 Å². The molecule has 2 N–H and O–H groups in total. The summed E-state index contributed by atoms with van der Waals surface area (Å²) < 4.78 is 4.95. The number of nitrogens with one attached hydrogen (secondary N) is 2. The van der Waals surface area contributed by atoms with E-state index in [2.05, 4.69) is 10.7 Å². The van der Waals surface area contributed by atoms with Crippen molar-refractivity contribution in [2.75, 3.05) is 46.3 Å². The SMILES string of the molecule is COCCCNC(=S)N(C)NC(=O)c1cc([N+](=O)[O-])ccc1N(C)C. The number of anilines is 1. The fourth-order valence-electron chi connectivity index (χ4n) is 2.00. The molecule has 0 radical (unpaired) electrons. The summed E-state index contributed by atoms with van der Waals surface area (Å²) in [4.78, 5) is 24.7. The van der Waals surface area contributed by atoms with E-state index in [1.54, 1.807) is 33.2 Å². The molecule has 0 aliphatic carbocycles. The van der Waals surface area contributed by atoms with Gasteiger partial charge in [-0.1, -0.05) is 0 Å². The van der Waals surface area contributed by atoms with Gasteiger partial charge in [-0.3, -0.25) is 25.3 Å². The molecular weight excluding hydrogens is 346 g/mol. The second-order valence-corrected chi connectivity index (χ2v) is 5.82. The fourth-order valence-corrected chi connectivity index (χ4v) is 2.15. The van der Waals surface area contributed by atoms with Gasteiger partial charge in [0.25, 0.3) is 11.6 Å². The summed E-state index contributed by atoms with van der Waals surface area (Å²) in [6.07, 6.45) is 0.772. The molecule has 0 heterocycles. The summed E-state index contributed by atoms with van der Waals surface area (Å²) in [6.45, 7) is 1.21. The van der Waals surface area contributed by atoms with E-state index in [4.69, 9.17) is 17.0 Å². The highest BCUT2D eigenvalue weighted by Crippen LogP contribution is 2.24. The van der Waals surface area contributed by atoms with E-state index < -0.39 is 10.8 Å². The summed E-state index contributed by atoms with van der Waals surface area (Å²) in [5.41, 5.74) is 3.21. The fraction of sp³-hybridized carbons (Fsp3) is 0.467. The molecule has 9 nitrogen and oxygen atoms in total. The van der Waals surface area contributed by atoms with Crippen LogP contribution in [0.15, 0.2) is 18.2 Å². The minimum atomic E-state index is -0.540. The van der Waals surface area contributed by atoms with Crippen LogP contribution in [0.25, 0.3) is 0 Å². The zero-order valence-corrected chi connectivity index (χ0v) is 15.6. The van der Waals surface area contributed by atoms with Crippen molar-refractivity contribution in [2.24, 2.45) is 0 Å². The Morgan fingerprint density at radius 2 is 2.04 bits per heavy atom. The van der Waals surface area contributed by atoms with Crippen LogP contribution in [0.4, 0.5) is 11.4 Å². The van der Waals surface area contributed by atoms with Crippen molar-refractivity contribution < 1.29 is 14.5 Å². The normalized spacial score (nSPS) is 10.1. The number of methoxy groups -OCH3 is 1. The molecule has 10 heteroatoms. The Kier molecular flexibility index (Phi) is 8.02. The lowest BCUT2D eigenvalue weighted by atomic mass is 10.1. The highest BCUT2D eigenvalue weighted by Gasteiger charge is 2.19. The maximum absolute atomic E-state index is 12.5. The third kappa shape index (κ3) is 6.16. The van der Waals surface area contributed by atoms with Gasteiger partial charge in [0.05, 0.1) is 10.5 Å². The lowest BCUT2D eigenvalue weighted by Crippen LogP contribution is -2.48. The summed E-state index contributed by atoms with van der Waals surface area (Å²) in [5, 5.41) is 15.7. The number of non-ortho nitro benzene ring substituents is 1. The summed E-state index contributed by atoms with van der Waals surface area (Å²) >= 11 is 5.19. The largest absolute Gasteiger partial charge is 0.385 e. The Balaban J connectivity index is 2.83. The standard InChI is InChI=1S/C15H23N5O4S/c1-18(2)13-7-6-11(20(22)23)10-12(13)14(21)17-19(3)15(25)16-8-5-9-24-4/h6-7,10H,5,8-9H2,1-4H3,(H,16,25)(H,17,21). The van der Waals surface area contributed by atoms with Crippen LogP contribution in [0, 0.1) is 10.1 Å². The number of nitro benzene ring substituents is 1. The van der Waals surface area contributed by atoms with Gasteiger partial charge < -0.3 is 15.0 Å². The number of amides is 1. The minimum absolute atomic E-state index is 0.154. The Morgan fingerprint density at radius 3 is 2.60 bits per heavy atom. The first-order chi connectivity index (χ1) is 11.8. The molecule has 0 unspecified atom stereocenters. The number of hydrazine groups is 1. The average molecular weight is 369 g/mol. The van der Waals surface area contributed by atoms with Gasteiger partial charge in [0.2, 0.25) is 0 Å². The third-order valence-corrected chi connectivity index (χ3v) is 3.71. The molecule has 0 fully saturated rings. The van der Waals surface area contributed by atoms with E-state index in [1.165, 1.54) is 23.2 Å². The van der Waals surface area contributed by atoms with Crippen molar-refractivity contribution in [1.82, 2.24) is 15.8 Å². The van der Waals surface area contributed by atoms with E-state index >= 15 is 0 Å². The van der Waals surface area contributed by atoms with Gasteiger partial charge in [0.15, 0.2) is 5.11 Å². The third-order valence-electron chi connectivity index (χ3n) is 3.29. The highest BCUT2D eigenvalue weighted by atomic mass is 32.1. The van der Waals surface area contributed by atoms with Gasteiger partial charge in [-0.25, -0.2) is 0 Å². The molecule has 0 bridgehead atoms. The van der Waals surface area contributed by atoms with E-state index in [0.29, 0.717) is 24.0 Å². The lowest BCUT2D eigenvalue weighted by molar-refractivity contribution is -0.384. The van der Waals surface area contributed by atoms with Gasteiger partial charge in [-0.15, -0.1) is 0 Å². The molecule has 0 aromatic heterocycles. The molecule has 0 saturated carbocycles. The van der Waals surface area contributed by atoms with Gasteiger partial charge in [0.1, 0.15) is 0 Å². The Labute approximate surface area is 152 Å². The van der Waals surface area contributed by atoms with Crippen LogP contribution < -0.4 is 15.6 Å². The summed E-state index contributed by atoms with van der Waals surface area (Å²) in [7, 11) is 6.72. The van der Waals surface area contributed by atoms with Crippen LogP contribution >= 0.6 is 12.2 Å². The Bertz CT molecular complexity index is 638. The van der Waals surface area contributed by atoms with Crippen molar-refractivity contribution in [2.45, 2.75) is 6.42 Å². The van der Waals surface area contributed by atoms with Crippen LogP contribution in [0.1, 0.15) is 16.8 Å². The quantitative estimate of drug-likeness (QED) is 0.320. The van der Waals surface area contributed by atoms with Gasteiger partial charge in [-0.2, -0.15) is 0 Å². The molecule has 138 valence electrons. The zero-order chi connectivity index (χ0) is 19.0. The number of thiocarbonyl (C=S) groups is 1. The number of nitro groups is 1. The molecule has 1 rings (SSSR count). The van der Waals surface area contributed by atoms with Crippen LogP contribution in [0.5, 0.6) is 0 Å². The average Bonchev–Trinajstić information content (AvgIpc) is 2.57. The molecular formula is C15H23N5O4S. The number of rotatable bonds is 7. The van der Waals surface area contributed by atoms with E-state index in [9.17, 15) is 14.9 Å². The van der Waals surface area contributed by atoms with Crippen molar-refractivity contribution in [3.63, 3.8) is 0 Å². The van der Waals surface area contributed by atoms with Crippen molar-refractivity contribution in [3.8, 4) is 0 Å². The first kappa shape index (κ1) is 20.6. The molecule has 0 saturated heterocycles. The Morgan fingerprint density at radius 1 is 1.36 bits per heavy atom. The van der Waals surface area contributed by atoms with Crippen LogP contribution in [-0.4, -0.2) is 62.4 Å². The molecule has 1 aromatic carbocycles. The molecule has 0 atom stereocenters. The smallest absolute Gasteiger partial charge is 0.272 e. The van der Waals surface area contributed by atoms with E-state index in [0.717, 1.165) is 6.42 Å². The lowest BCUT2D eigenvalue weighted by Gasteiger charge is -2.23. The summed E-state index contributed by atoms with van der Waals surface area (Å²) in [5.74, 6) is -0.490. The first-order valence-corrected chi connectivity index (χ1v) is 7.96. The number of ether oxygens (including phenoxy) is 1. The second kappa shape index (κ2) is 9.74. The summed E-state index contributed by atoms with van der Waals surface area (Å²) in [6, 6.07) is 4.14. The number of carbonyl (C=O) groups excluding carboxylic acids is 1. The highest BCUT2D eigenvalue weighted by molar-refractivity contribution is 7.80. The van der Waals surface area contributed by atoms with Crippen molar-refractivity contribution in [1.29, 1.82) is 0 Å². The Hall–Kier alpha value is -2.46. The number of hydrogen-bond acceptors (Lipinski definition) is 6. The van der Waals surface area contributed by atoms with Gasteiger partial charge in [0, 0.05) is 59.2 Å². The van der Waals surface area contributed by atoms with Crippen LogP contribution in [-0.2, 0) is 4.74 Å². The topological polar surface area (TPSA) is 100.0 Å². The molecule has 0 aliphatic heterocycles. The molecule has 1 aromatic rings. The maximum Gasteiger partial charge on any atom is 0.272 e. The van der Waals surface area contributed by atoms with Crippen molar-refractivity contribution >= 4 is 34.6 Å². The van der Waals surface area contributed by atoms with Gasteiger partial charge in [-0.05, 0) is 24.7 Å². The van der Waals surface area contributed by atoms with Crippen LogP contribution in [0.3, 0.4) is 0 Å². The monoisotopic (exact) mass is 369 g/mol. The number of nitrogens with zero attached hydrogens (tertiary/aromatic N) is 3. The molecule has 1 amide bonds. The van der Waals surface area contributed by atoms with Crippen LogP contribution in [0.2, 0.25) is 0 Å². The second-order valence-electron chi connectivity index (χ2n) is 5.43. The molecule has 0 spiro atoms. The number of benzene rings is 1. The molecule has 25 heavy (non-hydrogen) atoms. The predicted molar refractivity (Wildman–Crippen MR) is 99.7 cm³/mol. The first-order valence-electron chi connectivity index (χ1n) is 7.55. The van der Waals surface area contributed by atoms with Crippen molar-refractivity contribution in [3.05, 3.63) is 33.9 Å². The maximum atomic E-state index is 12.5. The minimum Gasteiger partial charge on any atom is -0.385 e. The zero-order valence-electron chi connectivity index (χ0n) is 14.7. The van der Waals surface area contributed by atoms with Gasteiger partial charge >= 0.3 is 0 Å². The predicted octanol–water partition coefficient (Wildman–Crippen LogP) is 1.15. The number of carbonyl (C=O) groups is 1. The van der Waals surface area contributed by atoms with E-state index in [-0.39, 0.29) is 11.3 Å². The molecule has 0 aliphatic rings. The number of hydrogen-bond donors (Lipinski definition) is 2.